The van der Waals surface area contributed by atoms with Gasteiger partial charge in [-0.05, 0) is 80.8 Å². The van der Waals surface area contributed by atoms with Crippen LogP contribution in [0.25, 0.3) is 0 Å². The number of furan rings is 1. The van der Waals surface area contributed by atoms with E-state index >= 15 is 0 Å². The highest BCUT2D eigenvalue weighted by atomic mass is 32.2. The fourth-order valence-electron chi connectivity index (χ4n) is 5.89. The molecule has 0 spiro atoms. The number of hydrogen-bond acceptors (Lipinski definition) is 4. The first-order valence-corrected chi connectivity index (χ1v) is 11.0. The molecule has 4 aliphatic rings. The van der Waals surface area contributed by atoms with E-state index in [0.717, 1.165) is 22.1 Å². The van der Waals surface area contributed by atoms with E-state index in [1.54, 1.807) is 0 Å². The van der Waals surface area contributed by atoms with Crippen LogP contribution in [0.5, 0.6) is 0 Å². The van der Waals surface area contributed by atoms with Gasteiger partial charge >= 0.3 is 0 Å². The van der Waals surface area contributed by atoms with Gasteiger partial charge in [0, 0.05) is 20.1 Å². The maximum atomic E-state index is 12.6. The predicted octanol–water partition coefficient (Wildman–Crippen LogP) is 2.86. The minimum atomic E-state index is -3.67. The quantitative estimate of drug-likeness (QED) is 0.852. The number of hydrogen-bond donors (Lipinski definition) is 1. The molecule has 0 saturated heterocycles. The molecule has 4 aliphatic carbocycles. The van der Waals surface area contributed by atoms with E-state index in [9.17, 15) is 13.2 Å². The summed E-state index contributed by atoms with van der Waals surface area (Å²) in [6.07, 6.45) is 7.72. The molecule has 4 fully saturated rings. The monoisotopic (exact) mass is 380 g/mol. The highest BCUT2D eigenvalue weighted by Crippen LogP contribution is 2.61. The average Bonchev–Trinajstić information content (AvgIpc) is 3.04. The van der Waals surface area contributed by atoms with Crippen molar-refractivity contribution in [3.63, 3.8) is 0 Å². The number of rotatable bonds is 5. The second-order valence-electron chi connectivity index (χ2n) is 8.88. The highest BCUT2D eigenvalue weighted by molar-refractivity contribution is 7.88. The van der Waals surface area contributed by atoms with Gasteiger partial charge in [0.1, 0.15) is 0 Å². The average molecular weight is 381 g/mol. The lowest BCUT2D eigenvalue weighted by Crippen LogP contribution is -2.55. The third-order valence-electron chi connectivity index (χ3n) is 6.89. The Morgan fingerprint density at radius 3 is 2.19 bits per heavy atom. The van der Waals surface area contributed by atoms with Crippen LogP contribution in [-0.4, -0.2) is 38.8 Å². The second kappa shape index (κ2) is 6.09. The highest BCUT2D eigenvalue weighted by Gasteiger charge is 2.53. The van der Waals surface area contributed by atoms with Gasteiger partial charge in [-0.1, -0.05) is 0 Å². The van der Waals surface area contributed by atoms with Gasteiger partial charge in [0.2, 0.25) is 5.09 Å². The van der Waals surface area contributed by atoms with E-state index < -0.39 is 10.0 Å². The zero-order valence-corrected chi connectivity index (χ0v) is 16.5. The lowest BCUT2D eigenvalue weighted by Gasteiger charge is -2.59. The van der Waals surface area contributed by atoms with Gasteiger partial charge in [-0.3, -0.25) is 4.79 Å². The van der Waals surface area contributed by atoms with Crippen molar-refractivity contribution in [2.45, 2.75) is 56.6 Å². The summed E-state index contributed by atoms with van der Waals surface area (Å²) >= 11 is 0. The molecule has 1 heterocycles. The smallest absolute Gasteiger partial charge is 0.287 e. The van der Waals surface area contributed by atoms with Crippen molar-refractivity contribution in [1.82, 2.24) is 9.62 Å². The van der Waals surface area contributed by atoms with E-state index in [2.05, 4.69) is 12.2 Å². The van der Waals surface area contributed by atoms with Crippen molar-refractivity contribution in [3.8, 4) is 0 Å². The van der Waals surface area contributed by atoms with Gasteiger partial charge in [-0.25, -0.2) is 12.7 Å². The van der Waals surface area contributed by atoms with Crippen LogP contribution >= 0.6 is 0 Å². The Morgan fingerprint density at radius 2 is 1.69 bits per heavy atom. The summed E-state index contributed by atoms with van der Waals surface area (Å²) < 4.78 is 30.7. The maximum Gasteiger partial charge on any atom is 0.287 e. The number of carbonyl (C=O) groups excluding carboxylic acids is 1. The van der Waals surface area contributed by atoms with E-state index in [4.69, 9.17) is 4.42 Å². The topological polar surface area (TPSA) is 79.6 Å². The lowest BCUT2D eigenvalue weighted by molar-refractivity contribution is -0.0689. The van der Waals surface area contributed by atoms with Crippen LogP contribution < -0.4 is 5.32 Å². The largest absolute Gasteiger partial charge is 0.438 e. The predicted molar refractivity (Wildman–Crippen MR) is 97.1 cm³/mol. The fraction of sp³-hybridized carbons (Fsp3) is 0.737. The van der Waals surface area contributed by atoms with Gasteiger partial charge in [-0.15, -0.1) is 0 Å². The molecule has 1 aromatic heterocycles. The Hall–Kier alpha value is -1.34. The van der Waals surface area contributed by atoms with Crippen LogP contribution in [0.3, 0.4) is 0 Å². The van der Waals surface area contributed by atoms with Crippen LogP contribution in [0.15, 0.2) is 21.6 Å². The summed E-state index contributed by atoms with van der Waals surface area (Å²) in [5.41, 5.74) is 0.204. The van der Waals surface area contributed by atoms with Gasteiger partial charge in [0.15, 0.2) is 5.76 Å². The van der Waals surface area contributed by atoms with Crippen molar-refractivity contribution in [2.24, 2.45) is 23.2 Å². The van der Waals surface area contributed by atoms with Crippen molar-refractivity contribution < 1.29 is 17.6 Å². The van der Waals surface area contributed by atoms with Crippen molar-refractivity contribution in [1.29, 1.82) is 0 Å². The summed E-state index contributed by atoms with van der Waals surface area (Å²) in [5, 5.41) is 2.91. The first kappa shape index (κ1) is 18.0. The van der Waals surface area contributed by atoms with Gasteiger partial charge in [0.05, 0.1) is 0 Å². The molecular weight excluding hydrogens is 352 g/mol. The third-order valence-corrected chi connectivity index (χ3v) is 8.58. The molecule has 5 rings (SSSR count). The normalized spacial score (nSPS) is 34.2. The molecule has 0 aromatic carbocycles. The Labute approximate surface area is 155 Å². The molecule has 0 radical (unpaired) electrons. The van der Waals surface area contributed by atoms with Crippen molar-refractivity contribution in [3.05, 3.63) is 17.9 Å². The zero-order chi connectivity index (χ0) is 18.7. The van der Waals surface area contributed by atoms with E-state index in [1.807, 2.05) is 0 Å². The van der Waals surface area contributed by atoms with Crippen molar-refractivity contribution in [2.75, 3.05) is 14.1 Å². The molecule has 26 heavy (non-hydrogen) atoms. The number of nitrogens with one attached hydrogen (secondary N) is 1. The van der Waals surface area contributed by atoms with Crippen LogP contribution in [-0.2, 0) is 10.0 Å². The molecule has 0 unspecified atom stereocenters. The fourth-order valence-corrected chi connectivity index (χ4v) is 6.68. The molecule has 1 aromatic rings. The Kier molecular flexibility index (Phi) is 4.23. The van der Waals surface area contributed by atoms with Gasteiger partial charge < -0.3 is 9.73 Å². The molecule has 4 saturated carbocycles. The molecule has 7 heteroatoms. The number of sulfonamides is 1. The molecule has 144 valence electrons. The molecule has 4 bridgehead atoms. The summed E-state index contributed by atoms with van der Waals surface area (Å²) in [5.74, 6) is 2.19. The Morgan fingerprint density at radius 1 is 1.15 bits per heavy atom. The van der Waals surface area contributed by atoms with E-state index in [0.29, 0.717) is 0 Å². The van der Waals surface area contributed by atoms with E-state index in [-0.39, 0.29) is 28.2 Å². The molecule has 1 amide bonds. The van der Waals surface area contributed by atoms with Gasteiger partial charge in [0.25, 0.3) is 15.9 Å². The Bertz CT molecular complexity index is 776. The second-order valence-corrected chi connectivity index (χ2v) is 11.0. The van der Waals surface area contributed by atoms with E-state index in [1.165, 1.54) is 64.8 Å². The minimum Gasteiger partial charge on any atom is -0.438 e. The summed E-state index contributed by atoms with van der Waals surface area (Å²) in [6.45, 7) is 2.10. The van der Waals surface area contributed by atoms with Crippen LogP contribution in [0.1, 0.15) is 56.0 Å². The molecular formula is C19H28N2O4S. The molecule has 1 N–H and O–H groups in total. The summed E-state index contributed by atoms with van der Waals surface area (Å²) in [7, 11) is -0.794. The first-order chi connectivity index (χ1) is 12.2. The molecule has 6 nitrogen and oxygen atoms in total. The number of amides is 1. The summed E-state index contributed by atoms with van der Waals surface area (Å²) in [4.78, 5) is 12.6. The van der Waals surface area contributed by atoms with Crippen LogP contribution in [0.4, 0.5) is 0 Å². The lowest BCUT2D eigenvalue weighted by atomic mass is 9.48. The van der Waals surface area contributed by atoms with Crippen molar-refractivity contribution >= 4 is 15.9 Å². The number of carbonyl (C=O) groups is 1. The van der Waals surface area contributed by atoms with Crippen LogP contribution in [0.2, 0.25) is 0 Å². The number of nitrogens with zero attached hydrogens (tertiary/aromatic N) is 1. The summed E-state index contributed by atoms with van der Waals surface area (Å²) in [6, 6.07) is 2.86. The molecule has 0 aliphatic heterocycles. The first-order valence-electron chi connectivity index (χ1n) is 9.53. The maximum absolute atomic E-state index is 12.6. The SMILES string of the molecule is C[C@H](NC(=O)c1ccc(S(=O)(=O)N(C)C)o1)C12CC3CC(CC(C3)C1)C2. The standard InChI is InChI=1S/C19H28N2O4S/c1-12(19-9-13-6-14(10-19)8-15(7-13)11-19)20-18(22)16-4-5-17(25-16)26(23,24)21(2)3/h4-5,12-15H,6-11H2,1-3H3,(H,20,22)/t12-,13?,14?,15?,19?/m0/s1. The Balaban J connectivity index is 1.48. The zero-order valence-electron chi connectivity index (χ0n) is 15.7. The van der Waals surface area contributed by atoms with Crippen LogP contribution in [0, 0.1) is 23.2 Å². The third kappa shape index (κ3) is 2.89. The minimum absolute atomic E-state index is 0.0574. The van der Waals surface area contributed by atoms with Gasteiger partial charge in [-0.2, -0.15) is 0 Å². The molecule has 1 atom stereocenters.